The first-order valence-corrected chi connectivity index (χ1v) is 8.37. The molecule has 0 amide bonds. The van der Waals surface area contributed by atoms with E-state index >= 15 is 0 Å². The first-order valence-electron chi connectivity index (χ1n) is 8.37. The van der Waals surface area contributed by atoms with Gasteiger partial charge in [0.15, 0.2) is 5.65 Å². The molecule has 5 aromatic rings. The summed E-state index contributed by atoms with van der Waals surface area (Å²) >= 11 is 0. The average molecular weight is 340 g/mol. The average Bonchev–Trinajstić information content (AvgIpc) is 3.23. The molecule has 6 heteroatoms. The summed E-state index contributed by atoms with van der Waals surface area (Å²) in [6, 6.07) is 18.0. The molecule has 26 heavy (non-hydrogen) atoms. The molecule has 0 saturated carbocycles. The maximum Gasteiger partial charge on any atom is 0.165 e. The van der Waals surface area contributed by atoms with Crippen LogP contribution in [0, 0.1) is 6.92 Å². The molecule has 0 aliphatic carbocycles. The van der Waals surface area contributed by atoms with E-state index in [1.165, 1.54) is 0 Å². The molecule has 0 spiro atoms. The van der Waals surface area contributed by atoms with E-state index in [1.807, 2.05) is 49.4 Å². The Morgan fingerprint density at radius 2 is 1.77 bits per heavy atom. The van der Waals surface area contributed by atoms with Crippen LogP contribution in [0.4, 0.5) is 5.82 Å². The van der Waals surface area contributed by atoms with Gasteiger partial charge in [0.1, 0.15) is 11.6 Å². The summed E-state index contributed by atoms with van der Waals surface area (Å²) in [7, 11) is 0. The summed E-state index contributed by atoms with van der Waals surface area (Å²) in [5, 5.41) is 4.62. The van der Waals surface area contributed by atoms with Gasteiger partial charge in [-0.1, -0.05) is 42.5 Å². The number of nitrogens with zero attached hydrogens (tertiary/aromatic N) is 4. The number of imidazole rings is 1. The maximum absolute atomic E-state index is 6.43. The fourth-order valence-electron chi connectivity index (χ4n) is 3.31. The minimum absolute atomic E-state index is 0.513. The third-order valence-electron chi connectivity index (χ3n) is 4.56. The second-order valence-electron chi connectivity index (χ2n) is 6.22. The molecule has 0 fully saturated rings. The van der Waals surface area contributed by atoms with Crippen molar-refractivity contribution in [1.29, 1.82) is 0 Å². The van der Waals surface area contributed by atoms with Gasteiger partial charge in [0.05, 0.1) is 22.3 Å². The van der Waals surface area contributed by atoms with E-state index in [1.54, 1.807) is 10.7 Å². The topological polar surface area (TPSA) is 84.9 Å². The number of hydrogen-bond donors (Lipinski definition) is 2. The molecule has 0 aliphatic heterocycles. The molecule has 3 N–H and O–H groups in total. The monoisotopic (exact) mass is 340 g/mol. The van der Waals surface area contributed by atoms with Gasteiger partial charge in [-0.25, -0.2) is 9.97 Å². The Labute approximate surface area is 149 Å². The number of nitrogens with one attached hydrogen (secondary N) is 1. The molecular formula is C20H16N6. The molecule has 2 aromatic carbocycles. The number of fused-ring (bicyclic) bond motifs is 2. The second-order valence-corrected chi connectivity index (χ2v) is 6.22. The summed E-state index contributed by atoms with van der Waals surface area (Å²) in [4.78, 5) is 12.6. The van der Waals surface area contributed by atoms with Crippen LogP contribution in [0.3, 0.4) is 0 Å². The first-order chi connectivity index (χ1) is 12.7. The maximum atomic E-state index is 6.43. The molecule has 0 aliphatic rings. The lowest BCUT2D eigenvalue weighted by atomic mass is 10.1. The predicted molar refractivity (Wildman–Crippen MR) is 103 cm³/mol. The molecule has 6 nitrogen and oxygen atoms in total. The predicted octanol–water partition coefficient (Wildman–Crippen LogP) is 3.83. The van der Waals surface area contributed by atoms with Gasteiger partial charge in [-0.05, 0) is 24.6 Å². The van der Waals surface area contributed by atoms with Crippen molar-refractivity contribution in [2.24, 2.45) is 0 Å². The summed E-state index contributed by atoms with van der Waals surface area (Å²) in [6.07, 6.45) is 1.76. The van der Waals surface area contributed by atoms with Crippen molar-refractivity contribution in [3.63, 3.8) is 0 Å². The largest absolute Gasteiger partial charge is 0.383 e. The molecule has 0 atom stereocenters. The Hall–Kier alpha value is -3.67. The molecule has 3 aromatic heterocycles. The second kappa shape index (κ2) is 5.42. The minimum atomic E-state index is 0.513. The number of nitrogen functional groups attached to an aromatic ring is 1. The zero-order chi connectivity index (χ0) is 17.7. The SMILES string of the molecule is Cc1nn2c(N)c(-c3nc4ccccc4[nH]3)cnc2c1-c1ccccc1. The van der Waals surface area contributed by atoms with Gasteiger partial charge in [0.25, 0.3) is 0 Å². The van der Waals surface area contributed by atoms with Gasteiger partial charge in [-0.2, -0.15) is 9.61 Å². The lowest BCUT2D eigenvalue weighted by Crippen LogP contribution is -2.03. The quantitative estimate of drug-likeness (QED) is 0.511. The first kappa shape index (κ1) is 14.7. The zero-order valence-corrected chi connectivity index (χ0v) is 14.1. The van der Waals surface area contributed by atoms with Crippen molar-refractivity contribution in [3.8, 4) is 22.5 Å². The van der Waals surface area contributed by atoms with E-state index < -0.39 is 0 Å². The lowest BCUT2D eigenvalue weighted by Gasteiger charge is -2.05. The highest BCUT2D eigenvalue weighted by atomic mass is 15.3. The fourth-order valence-corrected chi connectivity index (χ4v) is 3.31. The van der Waals surface area contributed by atoms with Crippen molar-refractivity contribution >= 4 is 22.5 Å². The third kappa shape index (κ3) is 2.09. The Morgan fingerprint density at radius 1 is 1.00 bits per heavy atom. The van der Waals surface area contributed by atoms with Crippen molar-refractivity contribution in [3.05, 3.63) is 66.5 Å². The number of rotatable bonds is 2. The van der Waals surface area contributed by atoms with Crippen LogP contribution in [-0.4, -0.2) is 24.6 Å². The van der Waals surface area contributed by atoms with E-state index in [4.69, 9.17) is 5.73 Å². The highest BCUT2D eigenvalue weighted by molar-refractivity contribution is 5.85. The molecule has 126 valence electrons. The standard InChI is InChI=1S/C20H16N6/c1-12-17(13-7-3-2-4-8-13)20-22-11-14(18(21)26(20)25-12)19-23-15-9-5-6-10-16(15)24-19/h2-11H,21H2,1H3,(H,23,24). The fraction of sp³-hybridized carbons (Fsp3) is 0.0500. The van der Waals surface area contributed by atoms with Crippen LogP contribution in [0.15, 0.2) is 60.8 Å². The highest BCUT2D eigenvalue weighted by Gasteiger charge is 2.18. The summed E-state index contributed by atoms with van der Waals surface area (Å²) in [5.41, 5.74) is 12.7. The summed E-state index contributed by atoms with van der Waals surface area (Å²) in [5.74, 6) is 1.20. The van der Waals surface area contributed by atoms with Crippen LogP contribution >= 0.6 is 0 Å². The van der Waals surface area contributed by atoms with Gasteiger partial charge >= 0.3 is 0 Å². The van der Waals surface area contributed by atoms with E-state index in [0.717, 1.165) is 39.1 Å². The van der Waals surface area contributed by atoms with Crippen LogP contribution in [0.1, 0.15) is 5.69 Å². The van der Waals surface area contributed by atoms with Gasteiger partial charge < -0.3 is 10.7 Å². The molecule has 3 heterocycles. The van der Waals surface area contributed by atoms with Crippen LogP contribution in [0.5, 0.6) is 0 Å². The molecular weight excluding hydrogens is 324 g/mol. The third-order valence-corrected chi connectivity index (χ3v) is 4.56. The van der Waals surface area contributed by atoms with Crippen molar-refractivity contribution < 1.29 is 0 Å². The Bertz CT molecular complexity index is 1220. The Kier molecular flexibility index (Phi) is 3.05. The molecule has 0 saturated heterocycles. The normalized spacial score (nSPS) is 11.4. The number of nitrogens with two attached hydrogens (primary N) is 1. The number of aromatic amines is 1. The molecule has 0 bridgehead atoms. The number of para-hydroxylation sites is 2. The molecule has 5 rings (SSSR count). The van der Waals surface area contributed by atoms with E-state index in [0.29, 0.717) is 11.6 Å². The zero-order valence-electron chi connectivity index (χ0n) is 14.1. The van der Waals surface area contributed by atoms with Crippen molar-refractivity contribution in [1.82, 2.24) is 24.6 Å². The minimum Gasteiger partial charge on any atom is -0.383 e. The van der Waals surface area contributed by atoms with E-state index in [2.05, 4.69) is 32.2 Å². The molecule has 0 radical (unpaired) electrons. The van der Waals surface area contributed by atoms with Gasteiger partial charge in [-0.3, -0.25) is 0 Å². The van der Waals surface area contributed by atoms with Crippen molar-refractivity contribution in [2.75, 3.05) is 5.73 Å². The number of aryl methyl sites for hydroxylation is 1. The lowest BCUT2D eigenvalue weighted by molar-refractivity contribution is 0.929. The number of aromatic nitrogens is 5. The molecule has 0 unspecified atom stereocenters. The Morgan fingerprint density at radius 3 is 2.58 bits per heavy atom. The van der Waals surface area contributed by atoms with E-state index in [-0.39, 0.29) is 0 Å². The smallest absolute Gasteiger partial charge is 0.165 e. The van der Waals surface area contributed by atoms with Crippen LogP contribution in [0.2, 0.25) is 0 Å². The number of hydrogen-bond acceptors (Lipinski definition) is 4. The summed E-state index contributed by atoms with van der Waals surface area (Å²) < 4.78 is 1.69. The van der Waals surface area contributed by atoms with Crippen molar-refractivity contribution in [2.45, 2.75) is 6.92 Å². The van der Waals surface area contributed by atoms with Gasteiger partial charge in [0.2, 0.25) is 0 Å². The van der Waals surface area contributed by atoms with Crippen LogP contribution < -0.4 is 5.73 Å². The van der Waals surface area contributed by atoms with Gasteiger partial charge in [-0.15, -0.1) is 0 Å². The van der Waals surface area contributed by atoms with Gasteiger partial charge in [0, 0.05) is 11.8 Å². The van der Waals surface area contributed by atoms with E-state index in [9.17, 15) is 0 Å². The van der Waals surface area contributed by atoms with Crippen LogP contribution in [0.25, 0.3) is 39.2 Å². The number of H-pyrrole nitrogens is 1. The highest BCUT2D eigenvalue weighted by Crippen LogP contribution is 2.31. The Balaban J connectivity index is 1.73. The number of benzene rings is 2. The summed E-state index contributed by atoms with van der Waals surface area (Å²) in [6.45, 7) is 1.97. The number of anilines is 1. The van der Waals surface area contributed by atoms with Crippen LogP contribution in [-0.2, 0) is 0 Å².